The molecule has 0 amide bonds. The molecule has 1 aliphatic carbocycles. The molecule has 0 bridgehead atoms. The quantitative estimate of drug-likeness (QED) is 0.588. The van der Waals surface area contributed by atoms with Crippen LogP contribution in [0.5, 0.6) is 5.75 Å². The summed E-state index contributed by atoms with van der Waals surface area (Å²) in [4.78, 5) is 11.5. The Bertz CT molecular complexity index is 1240. The van der Waals surface area contributed by atoms with E-state index in [2.05, 4.69) is 51.0 Å². The fraction of sp³-hybridized carbons (Fsp3) is 0.357. The number of benzene rings is 2. The van der Waals surface area contributed by atoms with E-state index in [0.717, 1.165) is 49.5 Å². The van der Waals surface area contributed by atoms with Crippen molar-refractivity contribution in [1.29, 1.82) is 0 Å². The zero-order valence-corrected chi connectivity index (χ0v) is 19.5. The van der Waals surface area contributed by atoms with Crippen molar-refractivity contribution in [2.75, 3.05) is 25.1 Å². The highest BCUT2D eigenvalue weighted by atomic mass is 16.5. The van der Waals surface area contributed by atoms with Gasteiger partial charge in [-0.15, -0.1) is 0 Å². The number of ether oxygens (including phenoxy) is 1. The molecule has 1 atom stereocenters. The zero-order chi connectivity index (χ0) is 23.5. The Hall–Kier alpha value is -3.40. The molecule has 1 saturated heterocycles. The van der Waals surface area contributed by atoms with Crippen LogP contribution in [0.4, 0.5) is 5.82 Å². The molecule has 2 aromatic carbocycles. The van der Waals surface area contributed by atoms with Gasteiger partial charge in [-0.3, -0.25) is 0 Å². The molecule has 1 aliphatic heterocycles. The van der Waals surface area contributed by atoms with Crippen molar-refractivity contribution in [3.8, 4) is 17.6 Å². The van der Waals surface area contributed by atoms with Crippen molar-refractivity contribution < 1.29 is 9.84 Å². The number of methoxy groups -OCH3 is 1. The van der Waals surface area contributed by atoms with Crippen LogP contribution in [0.2, 0.25) is 0 Å². The fourth-order valence-corrected chi connectivity index (χ4v) is 5.40. The fourth-order valence-electron chi connectivity index (χ4n) is 5.40. The predicted molar refractivity (Wildman–Crippen MR) is 132 cm³/mol. The standard InChI is InChI=1S/C28H30N4O2/c1-34-25-12-5-3-7-20(25)9-6-10-22-18-30-27(24(19-33)31-22)32-15-13-28(14-16-32)17-21-8-2-4-11-23(21)26(28)29/h2-5,7-8,11-12,18,26,33H,9,13-17,19,29H2,1H3/t26-/m1/s1. The number of anilines is 1. The van der Waals surface area contributed by atoms with Crippen molar-refractivity contribution in [2.24, 2.45) is 11.1 Å². The van der Waals surface area contributed by atoms with Gasteiger partial charge >= 0.3 is 0 Å². The molecule has 0 radical (unpaired) electrons. The lowest BCUT2D eigenvalue weighted by molar-refractivity contribution is 0.186. The van der Waals surface area contributed by atoms with Crippen LogP contribution in [0.3, 0.4) is 0 Å². The van der Waals surface area contributed by atoms with Gasteiger partial charge < -0.3 is 20.5 Å². The average Bonchev–Trinajstić information content (AvgIpc) is 3.16. The second-order valence-corrected chi connectivity index (χ2v) is 9.18. The van der Waals surface area contributed by atoms with E-state index in [-0.39, 0.29) is 18.1 Å². The first kappa shape index (κ1) is 22.4. The third-order valence-corrected chi connectivity index (χ3v) is 7.31. The van der Waals surface area contributed by atoms with E-state index in [4.69, 9.17) is 10.5 Å². The number of rotatable bonds is 4. The Morgan fingerprint density at radius 1 is 1.15 bits per heavy atom. The molecule has 0 saturated carbocycles. The highest BCUT2D eigenvalue weighted by molar-refractivity contribution is 5.47. The number of nitrogens with two attached hydrogens (primary N) is 1. The summed E-state index contributed by atoms with van der Waals surface area (Å²) in [5.74, 6) is 7.80. The van der Waals surface area contributed by atoms with Crippen LogP contribution in [0.25, 0.3) is 0 Å². The Kier molecular flexibility index (Phi) is 6.23. The number of aliphatic hydroxyl groups is 1. The second-order valence-electron chi connectivity index (χ2n) is 9.18. The van der Waals surface area contributed by atoms with E-state index in [1.165, 1.54) is 11.1 Å². The minimum absolute atomic E-state index is 0.0788. The summed E-state index contributed by atoms with van der Waals surface area (Å²) in [5, 5.41) is 10.00. The molecule has 1 fully saturated rings. The van der Waals surface area contributed by atoms with Gasteiger partial charge in [0.15, 0.2) is 5.82 Å². The maximum absolute atomic E-state index is 10.00. The molecule has 1 aromatic heterocycles. The van der Waals surface area contributed by atoms with E-state index in [0.29, 0.717) is 17.8 Å². The van der Waals surface area contributed by atoms with E-state index >= 15 is 0 Å². The lowest BCUT2D eigenvalue weighted by Crippen LogP contribution is -2.45. The molecule has 2 aliphatic rings. The molecule has 34 heavy (non-hydrogen) atoms. The summed E-state index contributed by atoms with van der Waals surface area (Å²) in [7, 11) is 1.66. The third-order valence-electron chi connectivity index (χ3n) is 7.31. The van der Waals surface area contributed by atoms with E-state index in [9.17, 15) is 5.11 Å². The number of hydrogen-bond acceptors (Lipinski definition) is 6. The Morgan fingerprint density at radius 3 is 2.68 bits per heavy atom. The topological polar surface area (TPSA) is 84.5 Å². The molecule has 174 valence electrons. The number of piperidine rings is 1. The number of nitrogens with zero attached hydrogens (tertiary/aromatic N) is 3. The van der Waals surface area contributed by atoms with E-state index in [1.807, 2.05) is 24.3 Å². The van der Waals surface area contributed by atoms with Gasteiger partial charge in [-0.1, -0.05) is 48.4 Å². The lowest BCUT2D eigenvalue weighted by atomic mass is 9.73. The van der Waals surface area contributed by atoms with Gasteiger partial charge in [-0.2, -0.15) is 0 Å². The van der Waals surface area contributed by atoms with Gasteiger partial charge in [-0.25, -0.2) is 9.97 Å². The Morgan fingerprint density at radius 2 is 1.91 bits per heavy atom. The molecular weight excluding hydrogens is 424 g/mol. The predicted octanol–water partition coefficient (Wildman–Crippen LogP) is 3.41. The van der Waals surface area contributed by atoms with Gasteiger partial charge in [0, 0.05) is 31.1 Å². The summed E-state index contributed by atoms with van der Waals surface area (Å²) >= 11 is 0. The molecule has 6 nitrogen and oxygen atoms in total. The summed E-state index contributed by atoms with van der Waals surface area (Å²) in [6.45, 7) is 1.53. The molecule has 0 unspecified atom stereocenters. The zero-order valence-electron chi connectivity index (χ0n) is 19.5. The first-order valence-electron chi connectivity index (χ1n) is 11.8. The maximum Gasteiger partial charge on any atom is 0.152 e. The first-order valence-corrected chi connectivity index (χ1v) is 11.8. The van der Waals surface area contributed by atoms with Gasteiger partial charge in [-0.05, 0) is 47.8 Å². The smallest absolute Gasteiger partial charge is 0.152 e. The number of hydrogen-bond donors (Lipinski definition) is 2. The second kappa shape index (κ2) is 9.46. The summed E-state index contributed by atoms with van der Waals surface area (Å²) in [6, 6.07) is 16.5. The number of fused-ring (bicyclic) bond motifs is 1. The highest BCUT2D eigenvalue weighted by Gasteiger charge is 2.46. The van der Waals surface area contributed by atoms with E-state index in [1.54, 1.807) is 13.3 Å². The van der Waals surface area contributed by atoms with E-state index < -0.39 is 0 Å². The molecule has 3 aromatic rings. The van der Waals surface area contributed by atoms with Crippen LogP contribution in [-0.2, 0) is 19.4 Å². The molecule has 1 spiro atoms. The maximum atomic E-state index is 10.00. The molecule has 3 N–H and O–H groups in total. The number of aromatic nitrogens is 2. The Balaban J connectivity index is 1.28. The third kappa shape index (κ3) is 4.13. The van der Waals surface area contributed by atoms with Crippen molar-refractivity contribution in [3.63, 3.8) is 0 Å². The van der Waals surface area contributed by atoms with Crippen LogP contribution in [0.1, 0.15) is 47.0 Å². The summed E-state index contributed by atoms with van der Waals surface area (Å²) < 4.78 is 5.38. The normalized spacial score (nSPS) is 18.3. The van der Waals surface area contributed by atoms with Gasteiger partial charge in [0.2, 0.25) is 0 Å². The highest BCUT2D eigenvalue weighted by Crippen LogP contribution is 2.50. The number of para-hydroxylation sites is 1. The average molecular weight is 455 g/mol. The molecule has 2 heterocycles. The minimum atomic E-state index is -0.170. The SMILES string of the molecule is COc1ccccc1CC#Cc1cnc(N2CCC3(CC2)Cc2ccccc2[C@H]3N)c(CO)n1. The largest absolute Gasteiger partial charge is 0.496 e. The molecule has 6 heteroatoms. The van der Waals surface area contributed by atoms with Crippen molar-refractivity contribution in [2.45, 2.75) is 38.3 Å². The Labute approximate surface area is 200 Å². The number of aliphatic hydroxyl groups excluding tert-OH is 1. The summed E-state index contributed by atoms with van der Waals surface area (Å²) in [5.41, 5.74) is 11.7. The molecule has 5 rings (SSSR count). The monoisotopic (exact) mass is 454 g/mol. The van der Waals surface area contributed by atoms with Crippen LogP contribution < -0.4 is 15.4 Å². The van der Waals surface area contributed by atoms with Crippen molar-refractivity contribution >= 4 is 5.82 Å². The lowest BCUT2D eigenvalue weighted by Gasteiger charge is -2.42. The van der Waals surface area contributed by atoms with Crippen LogP contribution in [-0.4, -0.2) is 35.3 Å². The first-order chi connectivity index (χ1) is 16.6. The van der Waals surface area contributed by atoms with Crippen LogP contribution in [0, 0.1) is 17.3 Å². The van der Waals surface area contributed by atoms with Gasteiger partial charge in [0.1, 0.15) is 17.1 Å². The summed E-state index contributed by atoms with van der Waals surface area (Å²) in [6.07, 6.45) is 5.28. The van der Waals surface area contributed by atoms with Crippen LogP contribution >= 0.6 is 0 Å². The van der Waals surface area contributed by atoms with Crippen molar-refractivity contribution in [1.82, 2.24) is 9.97 Å². The minimum Gasteiger partial charge on any atom is -0.496 e. The van der Waals surface area contributed by atoms with Gasteiger partial charge in [0.25, 0.3) is 0 Å². The molecular formula is C28H30N4O2. The van der Waals surface area contributed by atoms with Gasteiger partial charge in [0.05, 0.1) is 19.9 Å². The van der Waals surface area contributed by atoms with Crippen LogP contribution in [0.15, 0.2) is 54.7 Å². The van der Waals surface area contributed by atoms with Crippen molar-refractivity contribution in [3.05, 3.63) is 82.8 Å².